The molecule has 7 heteroatoms. The molecule has 0 aromatic carbocycles. The summed E-state index contributed by atoms with van der Waals surface area (Å²) in [6.07, 6.45) is 6.35. The molecule has 0 spiro atoms. The summed E-state index contributed by atoms with van der Waals surface area (Å²) >= 11 is 3.27. The molecule has 7 unspecified atom stereocenters. The van der Waals surface area contributed by atoms with Crippen molar-refractivity contribution in [2.45, 2.75) is 83.3 Å². The minimum atomic E-state index is -1.60. The molecular weight excluding hydrogens is 476 g/mol. The topological polar surface area (TPSA) is 101 Å². The van der Waals surface area contributed by atoms with E-state index in [0.29, 0.717) is 43.9 Å². The summed E-state index contributed by atoms with van der Waals surface area (Å²) in [4.78, 5) is 37.1. The Morgan fingerprint density at radius 1 is 1.28 bits per heavy atom. The first-order valence-corrected chi connectivity index (χ1v) is 13.1. The van der Waals surface area contributed by atoms with Crippen LogP contribution in [0.4, 0.5) is 0 Å². The van der Waals surface area contributed by atoms with Gasteiger partial charge in [-0.15, -0.1) is 0 Å². The summed E-state index contributed by atoms with van der Waals surface area (Å²) in [6.45, 7) is 3.70. The van der Waals surface area contributed by atoms with Crippen LogP contribution in [0, 0.1) is 28.6 Å². The maximum absolute atomic E-state index is 13.1. The maximum Gasteiger partial charge on any atom is 0.306 e. The first kappa shape index (κ1) is 24.1. The number of ether oxygens (including phenoxy) is 1. The van der Waals surface area contributed by atoms with Crippen molar-refractivity contribution in [1.82, 2.24) is 0 Å². The van der Waals surface area contributed by atoms with E-state index < -0.39 is 35.5 Å². The number of aliphatic hydroxyl groups is 2. The van der Waals surface area contributed by atoms with Gasteiger partial charge in [-0.2, -0.15) is 0 Å². The van der Waals surface area contributed by atoms with E-state index in [0.717, 1.165) is 18.4 Å². The highest BCUT2D eigenvalue weighted by Crippen LogP contribution is 2.67. The molecule has 4 rings (SSSR count). The molecule has 6 nitrogen and oxygen atoms in total. The minimum Gasteiger partial charge on any atom is -0.458 e. The van der Waals surface area contributed by atoms with E-state index >= 15 is 0 Å². The smallest absolute Gasteiger partial charge is 0.306 e. The average molecular weight is 511 g/mol. The lowest BCUT2D eigenvalue weighted by Crippen LogP contribution is -2.61. The van der Waals surface area contributed by atoms with Gasteiger partial charge in [0.15, 0.2) is 6.61 Å². The van der Waals surface area contributed by atoms with Crippen molar-refractivity contribution in [1.29, 1.82) is 0 Å². The zero-order valence-electron chi connectivity index (χ0n) is 19.1. The van der Waals surface area contributed by atoms with Gasteiger partial charge in [0.2, 0.25) is 5.78 Å². The van der Waals surface area contributed by atoms with Crippen LogP contribution in [0.25, 0.3) is 0 Å². The highest BCUT2D eigenvalue weighted by molar-refractivity contribution is 9.09. The molecule has 0 aromatic rings. The summed E-state index contributed by atoms with van der Waals surface area (Å²) in [5, 5.41) is 23.7. The van der Waals surface area contributed by atoms with Gasteiger partial charge in [-0.05, 0) is 61.7 Å². The second-order valence-corrected chi connectivity index (χ2v) is 11.7. The molecule has 0 aliphatic heterocycles. The van der Waals surface area contributed by atoms with Crippen LogP contribution in [0.5, 0.6) is 0 Å². The monoisotopic (exact) mass is 510 g/mol. The van der Waals surface area contributed by atoms with E-state index in [-0.39, 0.29) is 35.4 Å². The maximum atomic E-state index is 13.1. The van der Waals surface area contributed by atoms with Crippen LogP contribution >= 0.6 is 15.9 Å². The van der Waals surface area contributed by atoms with Crippen molar-refractivity contribution in [3.8, 4) is 0 Å². The fraction of sp³-hybridized carbons (Fsp3) is 0.800. The Labute approximate surface area is 198 Å². The number of ketones is 2. The summed E-state index contributed by atoms with van der Waals surface area (Å²) in [6, 6.07) is 0. The average Bonchev–Trinajstić information content (AvgIpc) is 3.02. The second kappa shape index (κ2) is 8.62. The molecule has 3 fully saturated rings. The Morgan fingerprint density at radius 3 is 2.75 bits per heavy atom. The van der Waals surface area contributed by atoms with Crippen LogP contribution in [-0.4, -0.2) is 51.4 Å². The minimum absolute atomic E-state index is 0.0354. The van der Waals surface area contributed by atoms with Crippen LogP contribution in [0.1, 0.15) is 71.6 Å². The van der Waals surface area contributed by atoms with Gasteiger partial charge in [-0.3, -0.25) is 14.4 Å². The molecule has 4 aliphatic carbocycles. The molecule has 0 saturated heterocycles. The molecule has 7 atom stereocenters. The number of alkyl halides is 1. The van der Waals surface area contributed by atoms with Crippen molar-refractivity contribution in [2.24, 2.45) is 28.6 Å². The van der Waals surface area contributed by atoms with E-state index in [4.69, 9.17) is 4.74 Å². The number of esters is 1. The Bertz CT molecular complexity index is 838. The van der Waals surface area contributed by atoms with Crippen LogP contribution in [0.2, 0.25) is 0 Å². The fourth-order valence-corrected chi connectivity index (χ4v) is 7.90. The van der Waals surface area contributed by atoms with E-state index in [1.165, 1.54) is 0 Å². The number of aliphatic hydroxyl groups excluding tert-OH is 1. The molecule has 0 heterocycles. The van der Waals surface area contributed by atoms with E-state index in [1.807, 2.05) is 6.92 Å². The quantitative estimate of drug-likeness (QED) is 0.322. The Kier molecular flexibility index (Phi) is 6.49. The normalized spacial score (nSPS) is 43.0. The van der Waals surface area contributed by atoms with Crippen molar-refractivity contribution in [2.75, 3.05) is 11.9 Å². The Morgan fingerprint density at radius 2 is 2.03 bits per heavy atom. The third kappa shape index (κ3) is 3.63. The van der Waals surface area contributed by atoms with Gasteiger partial charge in [-0.1, -0.05) is 41.4 Å². The predicted octanol–water partition coefficient (Wildman–Crippen LogP) is 3.51. The summed E-state index contributed by atoms with van der Waals surface area (Å²) in [5.41, 5.74) is -1.41. The fourth-order valence-electron chi connectivity index (χ4n) is 7.62. The van der Waals surface area contributed by atoms with Gasteiger partial charge in [-0.25, -0.2) is 0 Å². The first-order chi connectivity index (χ1) is 15.1. The zero-order chi connectivity index (χ0) is 23.3. The Hall–Kier alpha value is -1.05. The van der Waals surface area contributed by atoms with Crippen molar-refractivity contribution >= 4 is 33.5 Å². The highest BCUT2D eigenvalue weighted by Gasteiger charge is 2.68. The van der Waals surface area contributed by atoms with E-state index in [2.05, 4.69) is 28.9 Å². The highest BCUT2D eigenvalue weighted by atomic mass is 79.9. The lowest BCUT2D eigenvalue weighted by Gasteiger charge is -2.59. The number of rotatable bonds is 6. The molecule has 32 heavy (non-hydrogen) atoms. The SMILES string of the molecule is CC12CCC(=O)CC1=CCC1C2C(O)CC2(C)C1CCC2(O)C(=O)COC(=O)CCCBr. The molecule has 3 saturated carbocycles. The molecule has 178 valence electrons. The lowest BCUT2D eigenvalue weighted by atomic mass is 9.46. The van der Waals surface area contributed by atoms with Crippen LogP contribution in [-0.2, 0) is 19.1 Å². The molecule has 0 radical (unpaired) electrons. The number of hydrogen-bond donors (Lipinski definition) is 2. The van der Waals surface area contributed by atoms with Gasteiger partial charge in [0.25, 0.3) is 0 Å². The van der Waals surface area contributed by atoms with Gasteiger partial charge in [0.05, 0.1) is 6.10 Å². The summed E-state index contributed by atoms with van der Waals surface area (Å²) in [5.74, 6) is -0.325. The number of Topliss-reactive ketones (excluding diaryl/α,β-unsaturated/α-hetero) is 2. The van der Waals surface area contributed by atoms with Crippen LogP contribution < -0.4 is 0 Å². The van der Waals surface area contributed by atoms with Gasteiger partial charge < -0.3 is 14.9 Å². The number of carbonyl (C=O) groups is 3. The largest absolute Gasteiger partial charge is 0.458 e. The van der Waals surface area contributed by atoms with Gasteiger partial charge in [0.1, 0.15) is 11.4 Å². The third-order valence-electron chi connectivity index (χ3n) is 9.36. The molecule has 0 amide bonds. The molecular formula is C25H35BrO6. The summed E-state index contributed by atoms with van der Waals surface area (Å²) in [7, 11) is 0. The summed E-state index contributed by atoms with van der Waals surface area (Å²) < 4.78 is 5.17. The number of allylic oxidation sites excluding steroid dienone is 2. The molecule has 0 aromatic heterocycles. The molecule has 0 bridgehead atoms. The van der Waals surface area contributed by atoms with Crippen molar-refractivity contribution in [3.63, 3.8) is 0 Å². The number of carbonyl (C=O) groups excluding carboxylic acids is 3. The molecule has 4 aliphatic rings. The number of fused-ring (bicyclic) bond motifs is 5. The van der Waals surface area contributed by atoms with Crippen molar-refractivity contribution < 1.29 is 29.3 Å². The predicted molar refractivity (Wildman–Crippen MR) is 122 cm³/mol. The zero-order valence-corrected chi connectivity index (χ0v) is 20.7. The first-order valence-electron chi connectivity index (χ1n) is 11.9. The van der Waals surface area contributed by atoms with Crippen LogP contribution in [0.15, 0.2) is 11.6 Å². The van der Waals surface area contributed by atoms with E-state index in [1.54, 1.807) is 0 Å². The Balaban J connectivity index is 1.55. The standard InChI is InChI=1S/C25H35BrO6/c1-23-9-7-16(27)12-15(23)5-6-17-18-8-10-25(31,24(18,2)13-19(28)22(17)23)20(29)14-32-21(30)4-3-11-26/h5,17-19,22,28,31H,3-4,6-14H2,1-2H3. The number of halogens is 1. The number of hydrogen-bond acceptors (Lipinski definition) is 6. The van der Waals surface area contributed by atoms with E-state index in [9.17, 15) is 24.6 Å². The van der Waals surface area contributed by atoms with Crippen molar-refractivity contribution in [3.05, 3.63) is 11.6 Å². The second-order valence-electron chi connectivity index (χ2n) is 10.9. The molecule has 2 N–H and O–H groups in total. The third-order valence-corrected chi connectivity index (χ3v) is 9.92. The van der Waals surface area contributed by atoms with Crippen LogP contribution in [0.3, 0.4) is 0 Å². The van der Waals surface area contributed by atoms with Gasteiger partial charge in [0, 0.05) is 30.0 Å². The van der Waals surface area contributed by atoms with Gasteiger partial charge >= 0.3 is 5.97 Å². The lowest BCUT2D eigenvalue weighted by molar-refractivity contribution is -0.182.